The van der Waals surface area contributed by atoms with E-state index in [1.54, 1.807) is 12.1 Å². The second-order valence-corrected chi connectivity index (χ2v) is 5.11. The first-order chi connectivity index (χ1) is 10.9. The number of benzene rings is 1. The van der Waals surface area contributed by atoms with Crippen LogP contribution in [0.5, 0.6) is 5.75 Å². The van der Waals surface area contributed by atoms with Gasteiger partial charge in [-0.1, -0.05) is 17.7 Å². The Hall–Kier alpha value is -2.34. The molecule has 2 heterocycles. The van der Waals surface area contributed by atoms with Crippen LogP contribution in [0.2, 0.25) is 5.02 Å². The first kappa shape index (κ1) is 15.6. The number of ether oxygens (including phenoxy) is 1. The summed E-state index contributed by atoms with van der Waals surface area (Å²) >= 11 is 6.30. The fourth-order valence-corrected chi connectivity index (χ4v) is 2.67. The summed E-state index contributed by atoms with van der Waals surface area (Å²) in [5, 5.41) is 0.721. The maximum absolute atomic E-state index is 13.2. The van der Waals surface area contributed by atoms with Gasteiger partial charge in [0.05, 0.1) is 28.9 Å². The Balaban J connectivity index is 2.29. The Morgan fingerprint density at radius 1 is 1.04 bits per heavy atom. The van der Waals surface area contributed by atoms with E-state index in [-0.39, 0.29) is 16.3 Å². The van der Waals surface area contributed by atoms with Gasteiger partial charge < -0.3 is 4.74 Å². The Morgan fingerprint density at radius 2 is 1.83 bits per heavy atom. The molecule has 0 radical (unpaired) electrons. The van der Waals surface area contributed by atoms with Crippen molar-refractivity contribution in [2.45, 2.75) is 6.18 Å². The van der Waals surface area contributed by atoms with Gasteiger partial charge in [-0.2, -0.15) is 13.2 Å². The van der Waals surface area contributed by atoms with Crippen molar-refractivity contribution in [2.24, 2.45) is 0 Å². The Labute approximate surface area is 134 Å². The Bertz CT molecular complexity index is 881. The van der Waals surface area contributed by atoms with Crippen LogP contribution in [0.1, 0.15) is 5.56 Å². The molecule has 0 aliphatic carbocycles. The second-order valence-electron chi connectivity index (χ2n) is 4.73. The number of pyridine rings is 2. The molecule has 23 heavy (non-hydrogen) atoms. The largest absolute Gasteiger partial charge is 0.496 e. The number of aromatic nitrogens is 2. The summed E-state index contributed by atoms with van der Waals surface area (Å²) < 4.78 is 44.8. The van der Waals surface area contributed by atoms with E-state index in [4.69, 9.17) is 16.3 Å². The second kappa shape index (κ2) is 5.70. The third-order valence-electron chi connectivity index (χ3n) is 3.40. The molecule has 0 atom stereocenters. The van der Waals surface area contributed by atoms with Crippen molar-refractivity contribution in [3.05, 3.63) is 53.3 Å². The van der Waals surface area contributed by atoms with Crippen LogP contribution < -0.4 is 4.74 Å². The third kappa shape index (κ3) is 2.70. The summed E-state index contributed by atoms with van der Waals surface area (Å²) in [6, 6.07) is 6.98. The summed E-state index contributed by atoms with van der Waals surface area (Å²) in [4.78, 5) is 8.01. The minimum absolute atomic E-state index is 0.102. The predicted molar refractivity (Wildman–Crippen MR) is 81.5 cm³/mol. The molecule has 0 amide bonds. The smallest absolute Gasteiger partial charge is 0.418 e. The van der Waals surface area contributed by atoms with Crippen molar-refractivity contribution < 1.29 is 17.9 Å². The highest BCUT2D eigenvalue weighted by molar-refractivity contribution is 6.38. The molecule has 2 aromatic heterocycles. The molecule has 0 unspecified atom stereocenters. The molecule has 0 saturated heterocycles. The van der Waals surface area contributed by atoms with Gasteiger partial charge in [-0.15, -0.1) is 0 Å². The normalized spacial score (nSPS) is 11.7. The number of methoxy groups -OCH3 is 1. The van der Waals surface area contributed by atoms with Crippen molar-refractivity contribution in [2.75, 3.05) is 7.11 Å². The van der Waals surface area contributed by atoms with E-state index in [9.17, 15) is 13.2 Å². The summed E-state index contributed by atoms with van der Waals surface area (Å²) in [6.45, 7) is 0. The maximum Gasteiger partial charge on any atom is 0.418 e. The number of nitrogens with zero attached hydrogens (tertiary/aromatic N) is 2. The number of fused-ring (bicyclic) bond motifs is 1. The van der Waals surface area contributed by atoms with E-state index in [1.807, 2.05) is 0 Å². The molecule has 118 valence electrons. The van der Waals surface area contributed by atoms with Gasteiger partial charge in [0.1, 0.15) is 5.75 Å². The highest BCUT2D eigenvalue weighted by Gasteiger charge is 2.34. The lowest BCUT2D eigenvalue weighted by Gasteiger charge is -2.14. The molecule has 0 aliphatic heterocycles. The third-order valence-corrected chi connectivity index (χ3v) is 3.78. The molecular formula is C16H10ClF3N2O. The zero-order chi connectivity index (χ0) is 16.6. The van der Waals surface area contributed by atoms with Gasteiger partial charge in [0.2, 0.25) is 0 Å². The molecule has 0 bridgehead atoms. The molecular weight excluding hydrogens is 329 g/mol. The number of hydrogen-bond donors (Lipinski definition) is 0. The topological polar surface area (TPSA) is 35.0 Å². The highest BCUT2D eigenvalue weighted by Crippen LogP contribution is 2.41. The molecule has 1 aromatic carbocycles. The van der Waals surface area contributed by atoms with Crippen LogP contribution in [0.25, 0.3) is 22.2 Å². The minimum atomic E-state index is -4.52. The summed E-state index contributed by atoms with van der Waals surface area (Å²) in [5.74, 6) is 0.542. The zero-order valence-corrected chi connectivity index (χ0v) is 12.6. The van der Waals surface area contributed by atoms with E-state index in [2.05, 4.69) is 9.97 Å². The van der Waals surface area contributed by atoms with E-state index in [0.29, 0.717) is 16.7 Å². The maximum atomic E-state index is 13.2. The summed E-state index contributed by atoms with van der Waals surface area (Å²) in [6.07, 6.45) is -1.74. The fraction of sp³-hybridized carbons (Fsp3) is 0.125. The number of alkyl halides is 3. The van der Waals surface area contributed by atoms with Crippen LogP contribution in [0.4, 0.5) is 13.2 Å². The van der Waals surface area contributed by atoms with Crippen LogP contribution in [0.3, 0.4) is 0 Å². The van der Waals surface area contributed by atoms with Crippen LogP contribution >= 0.6 is 11.6 Å². The lowest BCUT2D eigenvalue weighted by Crippen LogP contribution is -2.08. The lowest BCUT2D eigenvalue weighted by molar-refractivity contribution is -0.137. The van der Waals surface area contributed by atoms with Crippen molar-refractivity contribution in [3.63, 3.8) is 0 Å². The van der Waals surface area contributed by atoms with Crippen LogP contribution in [-0.2, 0) is 6.18 Å². The van der Waals surface area contributed by atoms with Crippen LogP contribution in [-0.4, -0.2) is 17.1 Å². The van der Waals surface area contributed by atoms with Gasteiger partial charge in [0.15, 0.2) is 0 Å². The molecule has 7 heteroatoms. The fourth-order valence-electron chi connectivity index (χ4n) is 2.37. The first-order valence-electron chi connectivity index (χ1n) is 6.57. The first-order valence-corrected chi connectivity index (χ1v) is 6.95. The van der Waals surface area contributed by atoms with Crippen LogP contribution in [0, 0.1) is 0 Å². The number of rotatable bonds is 2. The zero-order valence-electron chi connectivity index (χ0n) is 11.9. The van der Waals surface area contributed by atoms with E-state index in [1.165, 1.54) is 31.6 Å². The molecule has 0 fully saturated rings. The van der Waals surface area contributed by atoms with E-state index >= 15 is 0 Å². The van der Waals surface area contributed by atoms with Crippen molar-refractivity contribution in [1.82, 2.24) is 9.97 Å². The van der Waals surface area contributed by atoms with Gasteiger partial charge in [-0.3, -0.25) is 9.97 Å². The summed E-state index contributed by atoms with van der Waals surface area (Å²) in [7, 11) is 1.50. The molecule has 3 aromatic rings. The van der Waals surface area contributed by atoms with Crippen molar-refractivity contribution in [1.29, 1.82) is 0 Å². The minimum Gasteiger partial charge on any atom is -0.496 e. The van der Waals surface area contributed by atoms with Gasteiger partial charge in [-0.05, 0) is 24.3 Å². The van der Waals surface area contributed by atoms with Crippen LogP contribution in [0.15, 0.2) is 42.7 Å². The highest BCUT2D eigenvalue weighted by atomic mass is 35.5. The van der Waals surface area contributed by atoms with Gasteiger partial charge in [0, 0.05) is 23.3 Å². The molecule has 3 nitrogen and oxygen atoms in total. The lowest BCUT2D eigenvalue weighted by atomic mass is 10.0. The van der Waals surface area contributed by atoms with E-state index in [0.717, 1.165) is 6.07 Å². The Kier molecular flexibility index (Phi) is 3.85. The van der Waals surface area contributed by atoms with Gasteiger partial charge >= 0.3 is 6.18 Å². The van der Waals surface area contributed by atoms with Crippen molar-refractivity contribution >= 4 is 22.5 Å². The van der Waals surface area contributed by atoms with Gasteiger partial charge in [-0.25, -0.2) is 0 Å². The quantitative estimate of drug-likeness (QED) is 0.661. The average Bonchev–Trinajstić information content (AvgIpc) is 2.54. The van der Waals surface area contributed by atoms with E-state index < -0.39 is 11.7 Å². The predicted octanol–water partition coefficient (Wildman–Crippen LogP) is 4.98. The van der Waals surface area contributed by atoms with Gasteiger partial charge in [0.25, 0.3) is 0 Å². The standard InChI is InChI=1S/C16H10ClF3N2O/c1-23-12-6-8-22-15-9(12)4-5-10(13(15)17)14-11(16(18,19)20)3-2-7-21-14/h2-8H,1H3. The average molecular weight is 339 g/mol. The summed E-state index contributed by atoms with van der Waals surface area (Å²) in [5.41, 5.74) is -0.532. The molecule has 0 N–H and O–H groups in total. The SMILES string of the molecule is COc1ccnc2c(Cl)c(-c3ncccc3C(F)(F)F)ccc12. The number of halogens is 4. The number of hydrogen-bond acceptors (Lipinski definition) is 3. The molecule has 3 rings (SSSR count). The molecule has 0 saturated carbocycles. The molecule has 0 spiro atoms. The monoisotopic (exact) mass is 338 g/mol. The molecule has 0 aliphatic rings. The Morgan fingerprint density at radius 3 is 2.52 bits per heavy atom. The van der Waals surface area contributed by atoms with Crippen molar-refractivity contribution in [3.8, 4) is 17.0 Å².